The van der Waals surface area contributed by atoms with Gasteiger partial charge < -0.3 is 34.9 Å². The zero-order valence-corrected chi connectivity index (χ0v) is 39.6. The Kier molecular flexibility index (Phi) is 16.0. The molecule has 0 bridgehead atoms. The zero-order valence-electron chi connectivity index (χ0n) is 37.0. The standard InChI is InChI=1S/C48H49ClN8O7S.H2S/c1-28-23-41(50-27-38(28)33-7-14-39-34(24-33)25-43(59)52-39)54-42(58)15-16-61-17-18-62-19-20-63-21-22-64-37-12-10-36(11-13-37)51-44(60)26-40-47-56-55-31(4)57(47)48-45(29(2)30(3)65-48)46(53-40)32-5-8-35(49)9-6-32;/h5-14,23-24,27,40H,15-22,25-26H2,1-4H3,(H,51,60)(H,52,59)(H,50,54,58);1H2/t40-;/m0./s1. The van der Waals surface area contributed by atoms with Crippen LogP contribution in [0.15, 0.2) is 84.0 Å². The molecule has 0 aliphatic carbocycles. The highest BCUT2D eigenvalue weighted by Crippen LogP contribution is 2.40. The topological polar surface area (TPSA) is 180 Å². The van der Waals surface area contributed by atoms with E-state index in [1.165, 1.54) is 4.88 Å². The molecule has 18 heteroatoms. The van der Waals surface area contributed by atoms with E-state index in [2.05, 4.69) is 45.0 Å². The van der Waals surface area contributed by atoms with E-state index in [4.69, 9.17) is 35.5 Å². The Morgan fingerprint density at radius 1 is 0.833 bits per heavy atom. The summed E-state index contributed by atoms with van der Waals surface area (Å²) in [7, 11) is 0. The number of aryl methyl sites for hydroxylation is 3. The molecule has 2 aliphatic rings. The van der Waals surface area contributed by atoms with Gasteiger partial charge in [0, 0.05) is 44.2 Å². The van der Waals surface area contributed by atoms with Gasteiger partial charge in [-0.05, 0) is 105 Å². The summed E-state index contributed by atoms with van der Waals surface area (Å²) in [6.45, 7) is 10.5. The minimum atomic E-state index is -0.580. The lowest BCUT2D eigenvalue weighted by Gasteiger charge is -2.13. The second-order valence-electron chi connectivity index (χ2n) is 15.6. The molecule has 0 spiro atoms. The van der Waals surface area contributed by atoms with Crippen LogP contribution in [0.5, 0.6) is 5.75 Å². The van der Waals surface area contributed by atoms with E-state index in [0.717, 1.165) is 61.2 Å². The molecule has 0 unspecified atom stereocenters. The number of benzene rings is 3. The predicted octanol–water partition coefficient (Wildman–Crippen LogP) is 8.26. The van der Waals surface area contributed by atoms with Crippen LogP contribution in [0.4, 0.5) is 17.2 Å². The number of aromatic nitrogens is 4. The van der Waals surface area contributed by atoms with Crippen LogP contribution in [0, 0.1) is 27.7 Å². The molecule has 15 nitrogen and oxygen atoms in total. The average molecular weight is 952 g/mol. The lowest BCUT2D eigenvalue weighted by Crippen LogP contribution is -2.17. The minimum absolute atomic E-state index is 0. The largest absolute Gasteiger partial charge is 0.491 e. The van der Waals surface area contributed by atoms with E-state index >= 15 is 0 Å². The smallest absolute Gasteiger partial charge is 0.228 e. The lowest BCUT2D eigenvalue weighted by atomic mass is 9.99. The van der Waals surface area contributed by atoms with Gasteiger partial charge in [-0.2, -0.15) is 13.5 Å². The van der Waals surface area contributed by atoms with Crippen molar-refractivity contribution in [2.75, 3.05) is 62.2 Å². The number of fused-ring (bicyclic) bond motifs is 4. The molecule has 3 aromatic carbocycles. The van der Waals surface area contributed by atoms with E-state index < -0.39 is 6.04 Å². The number of carbonyl (C=O) groups is 3. The van der Waals surface area contributed by atoms with Crippen molar-refractivity contribution in [3.8, 4) is 21.9 Å². The Hall–Kier alpha value is -5.95. The van der Waals surface area contributed by atoms with Gasteiger partial charge in [-0.25, -0.2) is 4.98 Å². The summed E-state index contributed by atoms with van der Waals surface area (Å²) < 4.78 is 24.6. The van der Waals surface area contributed by atoms with E-state index in [9.17, 15) is 14.4 Å². The minimum Gasteiger partial charge on any atom is -0.491 e. The Bertz CT molecular complexity index is 2740. The Labute approximate surface area is 398 Å². The highest BCUT2D eigenvalue weighted by Gasteiger charge is 2.32. The van der Waals surface area contributed by atoms with Gasteiger partial charge >= 0.3 is 0 Å². The maximum atomic E-state index is 13.5. The Balaban J connectivity index is 0.00000648. The Morgan fingerprint density at radius 2 is 1.53 bits per heavy atom. The van der Waals surface area contributed by atoms with Gasteiger partial charge in [-0.15, -0.1) is 21.5 Å². The lowest BCUT2D eigenvalue weighted by molar-refractivity contribution is -0.118. The van der Waals surface area contributed by atoms with Gasteiger partial charge in [0.1, 0.15) is 35.0 Å². The van der Waals surface area contributed by atoms with E-state index in [1.807, 2.05) is 66.9 Å². The van der Waals surface area contributed by atoms with Crippen LogP contribution in [0.25, 0.3) is 16.1 Å². The molecule has 0 fully saturated rings. The summed E-state index contributed by atoms with van der Waals surface area (Å²) in [5.74, 6) is 2.04. The molecule has 0 saturated carbocycles. The van der Waals surface area contributed by atoms with Gasteiger partial charge in [0.05, 0.1) is 64.6 Å². The number of amides is 3. The molecule has 3 amide bonds. The van der Waals surface area contributed by atoms with Gasteiger partial charge in [0.25, 0.3) is 0 Å². The van der Waals surface area contributed by atoms with Crippen molar-refractivity contribution in [3.63, 3.8) is 0 Å². The Morgan fingerprint density at radius 3 is 2.26 bits per heavy atom. The highest BCUT2D eigenvalue weighted by molar-refractivity contribution is 7.59. The fraction of sp³-hybridized carbons (Fsp3) is 0.312. The number of pyridine rings is 1. The van der Waals surface area contributed by atoms with Crippen LogP contribution < -0.4 is 20.7 Å². The molecule has 5 heterocycles. The molecule has 8 rings (SSSR count). The van der Waals surface area contributed by atoms with Crippen molar-refractivity contribution >= 4 is 77.1 Å². The fourth-order valence-electron chi connectivity index (χ4n) is 7.61. The fourth-order valence-corrected chi connectivity index (χ4v) is 8.95. The van der Waals surface area contributed by atoms with Crippen molar-refractivity contribution < 1.29 is 33.3 Å². The zero-order chi connectivity index (χ0) is 45.5. The number of nitrogens with one attached hydrogen (secondary N) is 3. The number of halogens is 1. The SMILES string of the molecule is Cc1cc(NC(=O)CCOCCOCCOCCOc2ccc(NC(=O)C[C@@H]3N=C(c4ccc(Cl)cc4)c4c(sc(C)c4C)-n4c(C)nnc43)cc2)ncc1-c1ccc2c(c1)CC(=O)N2.S. The predicted molar refractivity (Wildman–Crippen MR) is 261 cm³/mol. The van der Waals surface area contributed by atoms with Crippen molar-refractivity contribution in [2.24, 2.45) is 4.99 Å². The molecule has 0 radical (unpaired) electrons. The summed E-state index contributed by atoms with van der Waals surface area (Å²) in [5, 5.41) is 19.2. The molecule has 66 heavy (non-hydrogen) atoms. The normalized spacial score (nSPS) is 13.7. The summed E-state index contributed by atoms with van der Waals surface area (Å²) in [5.41, 5.74) is 9.14. The van der Waals surface area contributed by atoms with Crippen molar-refractivity contribution in [1.82, 2.24) is 19.7 Å². The summed E-state index contributed by atoms with van der Waals surface area (Å²) in [6.07, 6.45) is 2.34. The molecule has 3 N–H and O–H groups in total. The molecule has 2 aliphatic heterocycles. The maximum absolute atomic E-state index is 13.5. The molecule has 344 valence electrons. The number of carbonyl (C=O) groups excluding carboxylic acids is 3. The quantitative estimate of drug-likeness (QED) is 0.0670. The first-order valence-corrected chi connectivity index (χ1v) is 22.5. The van der Waals surface area contributed by atoms with Crippen LogP contribution in [0.2, 0.25) is 5.02 Å². The maximum Gasteiger partial charge on any atom is 0.228 e. The van der Waals surface area contributed by atoms with Gasteiger partial charge in [0.2, 0.25) is 17.7 Å². The number of hydrogen-bond donors (Lipinski definition) is 3. The first kappa shape index (κ1) is 48.0. The second kappa shape index (κ2) is 22.0. The van der Waals surface area contributed by atoms with Crippen LogP contribution in [-0.2, 0) is 35.0 Å². The molecule has 1 atom stereocenters. The first-order chi connectivity index (χ1) is 31.5. The van der Waals surface area contributed by atoms with Gasteiger partial charge in [-0.3, -0.25) is 23.9 Å². The second-order valence-corrected chi connectivity index (χ2v) is 17.3. The number of thiophene rings is 1. The van der Waals surface area contributed by atoms with E-state index in [1.54, 1.807) is 41.8 Å². The first-order valence-electron chi connectivity index (χ1n) is 21.3. The number of ether oxygens (including phenoxy) is 4. The van der Waals surface area contributed by atoms with Gasteiger partial charge in [-0.1, -0.05) is 29.8 Å². The van der Waals surface area contributed by atoms with Crippen LogP contribution in [0.1, 0.15) is 63.2 Å². The number of nitrogens with zero attached hydrogens (tertiary/aromatic N) is 5. The number of aliphatic imine (C=N–C) groups is 1. The molecular formula is C48H51ClN8O7S2. The molecular weight excluding hydrogens is 900 g/mol. The van der Waals surface area contributed by atoms with Crippen LogP contribution >= 0.6 is 36.4 Å². The van der Waals surface area contributed by atoms with Crippen molar-refractivity contribution in [1.29, 1.82) is 0 Å². The monoisotopic (exact) mass is 950 g/mol. The summed E-state index contributed by atoms with van der Waals surface area (Å²) in [4.78, 5) is 48.5. The van der Waals surface area contributed by atoms with Crippen LogP contribution in [-0.4, -0.2) is 89.4 Å². The average Bonchev–Trinajstić information content (AvgIpc) is 3.92. The highest BCUT2D eigenvalue weighted by atomic mass is 35.5. The van der Waals surface area contributed by atoms with Crippen LogP contribution in [0.3, 0.4) is 0 Å². The third kappa shape index (κ3) is 11.5. The summed E-state index contributed by atoms with van der Waals surface area (Å²) >= 11 is 7.90. The third-order valence-electron chi connectivity index (χ3n) is 11.0. The third-order valence-corrected chi connectivity index (χ3v) is 12.5. The van der Waals surface area contributed by atoms with E-state index in [0.29, 0.717) is 74.2 Å². The number of rotatable bonds is 19. The van der Waals surface area contributed by atoms with Crippen molar-refractivity contribution in [2.45, 2.75) is 53.0 Å². The number of hydrogen-bond acceptors (Lipinski definition) is 12. The molecule has 0 saturated heterocycles. The van der Waals surface area contributed by atoms with Gasteiger partial charge in [0.15, 0.2) is 5.82 Å². The summed E-state index contributed by atoms with van der Waals surface area (Å²) in [6, 6.07) is 21.9. The van der Waals surface area contributed by atoms with E-state index in [-0.39, 0.29) is 50.7 Å². The number of anilines is 3. The molecule has 6 aromatic rings. The molecule has 3 aromatic heterocycles. The van der Waals surface area contributed by atoms with Crippen molar-refractivity contribution in [3.05, 3.63) is 128 Å².